The Kier molecular flexibility index (Phi) is 3.62. The molecule has 88 valence electrons. The Labute approximate surface area is 97.9 Å². The highest BCUT2D eigenvalue weighted by atomic mass is 16.3. The molecule has 0 spiro atoms. The number of nitrogens with zero attached hydrogens (tertiary/aromatic N) is 1. The van der Waals surface area contributed by atoms with Crippen LogP contribution in [0.1, 0.15) is 29.5 Å². The number of benzene rings is 1. The highest BCUT2D eigenvalue weighted by molar-refractivity contribution is 5.29. The molecule has 0 amide bonds. The first-order valence-corrected chi connectivity index (χ1v) is 6.11. The minimum atomic E-state index is 0.296. The Bertz CT molecular complexity index is 362. The molecule has 1 saturated heterocycles. The van der Waals surface area contributed by atoms with Crippen LogP contribution < -0.4 is 0 Å². The molecule has 1 N–H and O–H groups in total. The van der Waals surface area contributed by atoms with Gasteiger partial charge in [0.15, 0.2) is 0 Å². The lowest BCUT2D eigenvalue weighted by atomic mass is 10.1. The topological polar surface area (TPSA) is 23.5 Å². The third-order valence-electron chi connectivity index (χ3n) is 3.67. The van der Waals surface area contributed by atoms with Crippen LogP contribution in [-0.2, 0) is 6.54 Å². The van der Waals surface area contributed by atoms with Gasteiger partial charge in [0.1, 0.15) is 0 Å². The second-order valence-electron chi connectivity index (χ2n) is 4.87. The van der Waals surface area contributed by atoms with Gasteiger partial charge in [-0.25, -0.2) is 0 Å². The van der Waals surface area contributed by atoms with Gasteiger partial charge in [-0.3, -0.25) is 4.90 Å². The molecule has 1 heterocycles. The normalized spacial score (nSPS) is 21.6. The summed E-state index contributed by atoms with van der Waals surface area (Å²) >= 11 is 0. The van der Waals surface area contributed by atoms with Crippen LogP contribution in [-0.4, -0.2) is 29.2 Å². The second-order valence-corrected chi connectivity index (χ2v) is 4.87. The van der Waals surface area contributed by atoms with E-state index in [1.54, 1.807) is 0 Å². The van der Waals surface area contributed by atoms with Crippen molar-refractivity contribution >= 4 is 0 Å². The molecule has 0 unspecified atom stereocenters. The molecule has 0 aliphatic carbocycles. The van der Waals surface area contributed by atoms with Crippen LogP contribution in [0.25, 0.3) is 0 Å². The molecule has 0 radical (unpaired) electrons. The molecule has 1 aliphatic rings. The molecule has 16 heavy (non-hydrogen) atoms. The predicted molar refractivity (Wildman–Crippen MR) is 66.4 cm³/mol. The van der Waals surface area contributed by atoms with Crippen molar-refractivity contribution in [2.45, 2.75) is 39.3 Å². The van der Waals surface area contributed by atoms with E-state index in [0.29, 0.717) is 12.6 Å². The summed E-state index contributed by atoms with van der Waals surface area (Å²) in [5.41, 5.74) is 4.07. The third-order valence-corrected chi connectivity index (χ3v) is 3.67. The largest absolute Gasteiger partial charge is 0.395 e. The smallest absolute Gasteiger partial charge is 0.0587 e. The maximum atomic E-state index is 9.27. The first-order chi connectivity index (χ1) is 7.70. The van der Waals surface area contributed by atoms with E-state index in [4.69, 9.17) is 0 Å². The molecule has 1 atom stereocenters. The number of hydrogen-bond acceptors (Lipinski definition) is 2. The van der Waals surface area contributed by atoms with Gasteiger partial charge in [0.2, 0.25) is 0 Å². The molecule has 1 aliphatic heterocycles. The van der Waals surface area contributed by atoms with Crippen LogP contribution in [0.2, 0.25) is 0 Å². The number of likely N-dealkylation sites (tertiary alicyclic amines) is 1. The zero-order valence-electron chi connectivity index (χ0n) is 10.2. The van der Waals surface area contributed by atoms with Crippen LogP contribution in [0.5, 0.6) is 0 Å². The number of aliphatic hydroxyl groups is 1. The monoisotopic (exact) mass is 219 g/mol. The molecule has 1 fully saturated rings. The van der Waals surface area contributed by atoms with Gasteiger partial charge in [-0.1, -0.05) is 18.2 Å². The Morgan fingerprint density at radius 2 is 2.12 bits per heavy atom. The van der Waals surface area contributed by atoms with Crippen molar-refractivity contribution < 1.29 is 5.11 Å². The maximum absolute atomic E-state index is 9.27. The standard InChI is InChI=1S/C14H21NO/c1-11-5-6-13(8-12(11)2)9-15-7-3-4-14(15)10-16/h5-6,8,14,16H,3-4,7,9-10H2,1-2H3/t14-/m1/s1. The van der Waals surface area contributed by atoms with Crippen molar-refractivity contribution in [1.82, 2.24) is 4.90 Å². The molecule has 0 bridgehead atoms. The van der Waals surface area contributed by atoms with Crippen LogP contribution in [0, 0.1) is 13.8 Å². The predicted octanol–water partition coefficient (Wildman–Crippen LogP) is 2.26. The third kappa shape index (κ3) is 2.45. The fraction of sp³-hybridized carbons (Fsp3) is 0.571. The lowest BCUT2D eigenvalue weighted by Crippen LogP contribution is -2.31. The highest BCUT2D eigenvalue weighted by Gasteiger charge is 2.23. The van der Waals surface area contributed by atoms with Crippen molar-refractivity contribution in [2.24, 2.45) is 0 Å². The molecule has 2 heteroatoms. The van der Waals surface area contributed by atoms with Crippen molar-refractivity contribution in [3.8, 4) is 0 Å². The summed E-state index contributed by atoms with van der Waals surface area (Å²) in [6.45, 7) is 6.70. The Balaban J connectivity index is 2.05. The van der Waals surface area contributed by atoms with Crippen LogP contribution in [0.3, 0.4) is 0 Å². The van der Waals surface area contributed by atoms with Gasteiger partial charge in [0.25, 0.3) is 0 Å². The van der Waals surface area contributed by atoms with Crippen molar-refractivity contribution in [2.75, 3.05) is 13.2 Å². The first-order valence-electron chi connectivity index (χ1n) is 6.11. The van der Waals surface area contributed by atoms with Crippen LogP contribution in [0.4, 0.5) is 0 Å². The molecule has 0 saturated carbocycles. The van der Waals surface area contributed by atoms with Crippen molar-refractivity contribution in [1.29, 1.82) is 0 Å². The quantitative estimate of drug-likeness (QED) is 0.843. The lowest BCUT2D eigenvalue weighted by Gasteiger charge is -2.22. The van der Waals surface area contributed by atoms with Gasteiger partial charge < -0.3 is 5.11 Å². The summed E-state index contributed by atoms with van der Waals surface area (Å²) in [7, 11) is 0. The summed E-state index contributed by atoms with van der Waals surface area (Å²) in [6, 6.07) is 7.04. The Morgan fingerprint density at radius 1 is 1.31 bits per heavy atom. The summed E-state index contributed by atoms with van der Waals surface area (Å²) in [4.78, 5) is 2.39. The van der Waals surface area contributed by atoms with E-state index >= 15 is 0 Å². The maximum Gasteiger partial charge on any atom is 0.0587 e. The molecule has 1 aromatic carbocycles. The van der Waals surface area contributed by atoms with Crippen LogP contribution in [0.15, 0.2) is 18.2 Å². The summed E-state index contributed by atoms with van der Waals surface area (Å²) in [5.74, 6) is 0. The van der Waals surface area contributed by atoms with E-state index in [1.807, 2.05) is 0 Å². The number of rotatable bonds is 3. The van der Waals surface area contributed by atoms with E-state index in [9.17, 15) is 5.11 Å². The first kappa shape index (κ1) is 11.6. The average Bonchev–Trinajstić information content (AvgIpc) is 2.71. The van der Waals surface area contributed by atoms with Gasteiger partial charge in [-0.2, -0.15) is 0 Å². The number of aryl methyl sites for hydroxylation is 2. The van der Waals surface area contributed by atoms with E-state index in [2.05, 4.69) is 36.9 Å². The summed E-state index contributed by atoms with van der Waals surface area (Å²) in [6.07, 6.45) is 2.36. The summed E-state index contributed by atoms with van der Waals surface area (Å²) < 4.78 is 0. The van der Waals surface area contributed by atoms with Gasteiger partial charge in [-0.05, 0) is 49.9 Å². The van der Waals surface area contributed by atoms with Gasteiger partial charge >= 0.3 is 0 Å². The van der Waals surface area contributed by atoms with E-state index in [0.717, 1.165) is 19.5 Å². The lowest BCUT2D eigenvalue weighted by molar-refractivity contribution is 0.153. The van der Waals surface area contributed by atoms with Crippen molar-refractivity contribution in [3.05, 3.63) is 34.9 Å². The van der Waals surface area contributed by atoms with Crippen molar-refractivity contribution in [3.63, 3.8) is 0 Å². The molecule has 1 aromatic rings. The molecule has 0 aromatic heterocycles. The molecular formula is C14H21NO. The number of aliphatic hydroxyl groups excluding tert-OH is 1. The fourth-order valence-corrected chi connectivity index (χ4v) is 2.45. The van der Waals surface area contributed by atoms with Gasteiger partial charge in [0.05, 0.1) is 6.61 Å². The molecule has 2 nitrogen and oxygen atoms in total. The van der Waals surface area contributed by atoms with Gasteiger partial charge in [-0.15, -0.1) is 0 Å². The zero-order valence-corrected chi connectivity index (χ0v) is 10.2. The molecule has 2 rings (SSSR count). The van der Waals surface area contributed by atoms with Gasteiger partial charge in [0, 0.05) is 12.6 Å². The fourth-order valence-electron chi connectivity index (χ4n) is 2.45. The average molecular weight is 219 g/mol. The van der Waals surface area contributed by atoms with E-state index < -0.39 is 0 Å². The van der Waals surface area contributed by atoms with E-state index in [1.165, 1.54) is 23.1 Å². The Hall–Kier alpha value is -0.860. The Morgan fingerprint density at radius 3 is 2.81 bits per heavy atom. The zero-order chi connectivity index (χ0) is 11.5. The minimum Gasteiger partial charge on any atom is -0.395 e. The number of hydrogen-bond donors (Lipinski definition) is 1. The van der Waals surface area contributed by atoms with E-state index in [-0.39, 0.29) is 0 Å². The SMILES string of the molecule is Cc1ccc(CN2CCC[C@@H]2CO)cc1C. The minimum absolute atomic E-state index is 0.296. The molecular weight excluding hydrogens is 198 g/mol. The summed E-state index contributed by atoms with van der Waals surface area (Å²) in [5, 5.41) is 9.27. The second kappa shape index (κ2) is 4.98. The highest BCUT2D eigenvalue weighted by Crippen LogP contribution is 2.20. The van der Waals surface area contributed by atoms with Crippen LogP contribution >= 0.6 is 0 Å².